The second-order valence-corrected chi connectivity index (χ2v) is 9.67. The summed E-state index contributed by atoms with van der Waals surface area (Å²) in [6.45, 7) is 0. The molecule has 3 rings (SSSR count). The first-order valence-electron chi connectivity index (χ1n) is 5.82. The maximum atomic E-state index is 12.6. The third-order valence-corrected chi connectivity index (χ3v) is 7.12. The van der Waals surface area contributed by atoms with Gasteiger partial charge in [-0.15, -0.1) is 0 Å². The molecule has 0 aromatic heterocycles. The second kappa shape index (κ2) is 4.63. The van der Waals surface area contributed by atoms with Gasteiger partial charge < -0.3 is 0 Å². The minimum atomic E-state index is -4.01. The number of sulfone groups is 1. The molecule has 1 aliphatic rings. The molecule has 0 bridgehead atoms. The molecule has 2 nitrogen and oxygen atoms in total. The normalized spacial score (nSPS) is 14.9. The van der Waals surface area contributed by atoms with Crippen molar-refractivity contribution in [3.63, 3.8) is 0 Å². The van der Waals surface area contributed by atoms with Crippen LogP contribution in [0.1, 0.15) is 16.4 Å². The van der Waals surface area contributed by atoms with Crippen molar-refractivity contribution in [3.8, 4) is 11.1 Å². The van der Waals surface area contributed by atoms with Crippen molar-refractivity contribution in [3.05, 3.63) is 59.7 Å². The highest BCUT2D eigenvalue weighted by Crippen LogP contribution is 2.52. The summed E-state index contributed by atoms with van der Waals surface area (Å²) < 4.78 is 22.8. The van der Waals surface area contributed by atoms with E-state index in [4.69, 9.17) is 34.8 Å². The first kappa shape index (κ1) is 14.2. The van der Waals surface area contributed by atoms with E-state index in [1.54, 1.807) is 24.3 Å². The van der Waals surface area contributed by atoms with Crippen molar-refractivity contribution < 1.29 is 8.42 Å². The number of benzene rings is 2. The van der Waals surface area contributed by atoms with Crippen LogP contribution in [0, 0.1) is 0 Å². The zero-order chi connectivity index (χ0) is 14.5. The average Bonchev–Trinajstić information content (AvgIpc) is 2.72. The van der Waals surface area contributed by atoms with Crippen LogP contribution < -0.4 is 0 Å². The number of hydrogen-bond donors (Lipinski definition) is 0. The van der Waals surface area contributed by atoms with Gasteiger partial charge in [0.25, 0.3) is 3.12 Å². The molecule has 0 aliphatic heterocycles. The van der Waals surface area contributed by atoms with Crippen LogP contribution in [-0.4, -0.2) is 11.5 Å². The Balaban J connectivity index is 2.33. The molecule has 2 aromatic carbocycles. The molecule has 20 heavy (non-hydrogen) atoms. The number of fused-ring (bicyclic) bond motifs is 3. The fourth-order valence-electron chi connectivity index (χ4n) is 2.58. The first-order chi connectivity index (χ1) is 9.34. The molecule has 6 heteroatoms. The Labute approximate surface area is 132 Å². The van der Waals surface area contributed by atoms with Gasteiger partial charge in [-0.3, -0.25) is 0 Å². The maximum Gasteiger partial charge on any atom is 0.293 e. The molecule has 0 saturated heterocycles. The lowest BCUT2D eigenvalue weighted by molar-refractivity contribution is 0.590. The molecule has 0 amide bonds. The SMILES string of the molecule is O=S(=O)(C1c2ccccc2-c2ccccc21)C(Cl)(Cl)Cl. The largest absolute Gasteiger partial charge is 0.293 e. The van der Waals surface area contributed by atoms with E-state index in [1.165, 1.54) is 0 Å². The third-order valence-electron chi connectivity index (χ3n) is 3.41. The van der Waals surface area contributed by atoms with Gasteiger partial charge in [-0.1, -0.05) is 83.3 Å². The van der Waals surface area contributed by atoms with E-state index in [-0.39, 0.29) is 0 Å². The molecule has 0 radical (unpaired) electrons. The van der Waals surface area contributed by atoms with Crippen molar-refractivity contribution in [1.82, 2.24) is 0 Å². The van der Waals surface area contributed by atoms with Gasteiger partial charge in [0.05, 0.1) is 0 Å². The lowest BCUT2D eigenvalue weighted by atomic mass is 10.1. The van der Waals surface area contributed by atoms with Crippen molar-refractivity contribution in [2.75, 3.05) is 0 Å². The monoisotopic (exact) mass is 346 g/mol. The van der Waals surface area contributed by atoms with Gasteiger partial charge in [0.15, 0.2) is 0 Å². The van der Waals surface area contributed by atoms with E-state index in [0.717, 1.165) is 11.1 Å². The zero-order valence-corrected chi connectivity index (χ0v) is 13.1. The summed E-state index contributed by atoms with van der Waals surface area (Å²) in [7, 11) is -4.01. The van der Waals surface area contributed by atoms with E-state index in [1.807, 2.05) is 24.3 Å². The van der Waals surface area contributed by atoms with E-state index in [0.29, 0.717) is 11.1 Å². The van der Waals surface area contributed by atoms with Gasteiger partial charge in [0.2, 0.25) is 9.84 Å². The molecule has 0 spiro atoms. The first-order valence-corrected chi connectivity index (χ1v) is 8.50. The summed E-state index contributed by atoms with van der Waals surface area (Å²) in [5.41, 5.74) is 3.04. The molecule has 104 valence electrons. The summed E-state index contributed by atoms with van der Waals surface area (Å²) in [4.78, 5) is 0. The fourth-order valence-corrected chi connectivity index (χ4v) is 4.73. The van der Waals surface area contributed by atoms with Crippen LogP contribution in [0.5, 0.6) is 0 Å². The van der Waals surface area contributed by atoms with Crippen LogP contribution >= 0.6 is 34.8 Å². The van der Waals surface area contributed by atoms with Gasteiger partial charge in [0, 0.05) is 0 Å². The Morgan fingerprint density at radius 3 is 1.60 bits per heavy atom. The average molecular weight is 348 g/mol. The van der Waals surface area contributed by atoms with Crippen molar-refractivity contribution in [2.45, 2.75) is 8.37 Å². The van der Waals surface area contributed by atoms with E-state index in [2.05, 4.69) is 0 Å². The molecular formula is C14H9Cl3O2S. The van der Waals surface area contributed by atoms with E-state index >= 15 is 0 Å². The van der Waals surface area contributed by atoms with Gasteiger partial charge in [-0.25, -0.2) is 8.42 Å². The van der Waals surface area contributed by atoms with Gasteiger partial charge >= 0.3 is 0 Å². The molecular weight excluding hydrogens is 339 g/mol. The predicted molar refractivity (Wildman–Crippen MR) is 82.9 cm³/mol. The van der Waals surface area contributed by atoms with E-state index < -0.39 is 18.2 Å². The Morgan fingerprint density at radius 2 is 1.20 bits per heavy atom. The summed E-state index contributed by atoms with van der Waals surface area (Å²) in [6, 6.07) is 14.6. The standard InChI is InChI=1S/C14H9Cl3O2S/c15-14(16,17)20(18,19)13-11-7-3-1-5-9(11)10-6-2-4-8-12(10)13/h1-8,13H. The molecule has 0 N–H and O–H groups in total. The molecule has 0 heterocycles. The number of alkyl halides is 3. The highest BCUT2D eigenvalue weighted by Gasteiger charge is 2.48. The quantitative estimate of drug-likeness (QED) is 0.712. The summed E-state index contributed by atoms with van der Waals surface area (Å²) >= 11 is 17.0. The molecule has 0 atom stereocenters. The minimum absolute atomic E-state index is 0.653. The zero-order valence-electron chi connectivity index (χ0n) is 10.1. The van der Waals surface area contributed by atoms with Crippen LogP contribution in [0.4, 0.5) is 0 Å². The van der Waals surface area contributed by atoms with Crippen LogP contribution in [0.25, 0.3) is 11.1 Å². The highest BCUT2D eigenvalue weighted by molar-refractivity contribution is 7.97. The highest BCUT2D eigenvalue weighted by atomic mass is 35.6. The Hall–Kier alpha value is -0.740. The Bertz CT molecular complexity index is 734. The Kier molecular flexibility index (Phi) is 3.29. The molecule has 1 aliphatic carbocycles. The Morgan fingerprint density at radius 1 is 0.800 bits per heavy atom. The molecule has 0 fully saturated rings. The number of rotatable bonds is 1. The van der Waals surface area contributed by atoms with Crippen LogP contribution in [0.2, 0.25) is 0 Å². The lowest BCUT2D eigenvalue weighted by Gasteiger charge is -2.20. The number of halogens is 3. The topological polar surface area (TPSA) is 34.1 Å². The van der Waals surface area contributed by atoms with Gasteiger partial charge in [-0.2, -0.15) is 0 Å². The number of hydrogen-bond acceptors (Lipinski definition) is 2. The van der Waals surface area contributed by atoms with Gasteiger partial charge in [-0.05, 0) is 22.3 Å². The van der Waals surface area contributed by atoms with E-state index in [9.17, 15) is 8.42 Å². The molecule has 0 saturated carbocycles. The molecule has 0 unspecified atom stereocenters. The summed E-state index contributed by atoms with van der Waals surface area (Å²) in [5, 5.41) is -0.942. The second-order valence-electron chi connectivity index (χ2n) is 4.55. The fraction of sp³-hybridized carbons (Fsp3) is 0.143. The smallest absolute Gasteiger partial charge is 0.223 e. The minimum Gasteiger partial charge on any atom is -0.223 e. The van der Waals surface area contributed by atoms with Crippen molar-refractivity contribution in [1.29, 1.82) is 0 Å². The summed E-state index contributed by atoms with van der Waals surface area (Å²) in [5.74, 6) is 0. The van der Waals surface area contributed by atoms with Crippen LogP contribution in [0.3, 0.4) is 0 Å². The molecule has 2 aromatic rings. The predicted octanol–water partition coefficient (Wildman–Crippen LogP) is 4.50. The van der Waals surface area contributed by atoms with Crippen molar-refractivity contribution >= 4 is 44.6 Å². The van der Waals surface area contributed by atoms with Crippen LogP contribution in [0.15, 0.2) is 48.5 Å². The maximum absolute atomic E-state index is 12.6. The third kappa shape index (κ3) is 1.96. The van der Waals surface area contributed by atoms with Crippen LogP contribution in [-0.2, 0) is 9.84 Å². The van der Waals surface area contributed by atoms with Gasteiger partial charge in [0.1, 0.15) is 5.25 Å². The lowest BCUT2D eigenvalue weighted by Crippen LogP contribution is -2.26. The summed E-state index contributed by atoms with van der Waals surface area (Å²) in [6.07, 6.45) is 0. The van der Waals surface area contributed by atoms with Crippen molar-refractivity contribution in [2.24, 2.45) is 0 Å².